The molecular weight excluding hydrogens is 318 g/mol. The molecule has 0 aliphatic rings. The Morgan fingerprint density at radius 3 is 2.42 bits per heavy atom. The third-order valence-electron chi connectivity index (χ3n) is 4.08. The monoisotopic (exact) mass is 339 g/mol. The zero-order valence-corrected chi connectivity index (χ0v) is 15.5. The highest BCUT2D eigenvalue weighted by Gasteiger charge is 2.18. The highest BCUT2D eigenvalue weighted by molar-refractivity contribution is 7.15. The molecule has 0 bridgehead atoms. The highest BCUT2D eigenvalue weighted by Crippen LogP contribution is 2.42. The van der Waals surface area contributed by atoms with Gasteiger partial charge < -0.3 is 9.47 Å². The number of rotatable bonds is 4. The van der Waals surface area contributed by atoms with Crippen molar-refractivity contribution in [3.63, 3.8) is 0 Å². The fourth-order valence-corrected chi connectivity index (χ4v) is 3.76. The first-order chi connectivity index (χ1) is 11.5. The molecule has 0 aliphatic carbocycles. The molecule has 3 aromatic rings. The van der Waals surface area contributed by atoms with Crippen molar-refractivity contribution >= 4 is 11.3 Å². The molecule has 1 aromatic heterocycles. The second kappa shape index (κ2) is 6.65. The Kier molecular flexibility index (Phi) is 4.58. The SMILES string of the molecule is COc1cccc(-c2nc(-c3cc(C)ccc3C)c(C)s2)c1OC. The number of aryl methyl sites for hydroxylation is 3. The van der Waals surface area contributed by atoms with E-state index in [9.17, 15) is 0 Å². The molecule has 0 amide bonds. The highest BCUT2D eigenvalue weighted by atomic mass is 32.1. The second-order valence-electron chi connectivity index (χ2n) is 5.78. The van der Waals surface area contributed by atoms with Crippen LogP contribution in [-0.2, 0) is 0 Å². The summed E-state index contributed by atoms with van der Waals surface area (Å²) < 4.78 is 11.0. The van der Waals surface area contributed by atoms with Gasteiger partial charge in [-0.2, -0.15) is 0 Å². The van der Waals surface area contributed by atoms with Crippen molar-refractivity contribution in [3.05, 3.63) is 52.4 Å². The number of hydrogen-bond donors (Lipinski definition) is 0. The maximum Gasteiger partial charge on any atom is 0.170 e. The Balaban J connectivity index is 2.15. The van der Waals surface area contributed by atoms with Gasteiger partial charge in [0.1, 0.15) is 5.01 Å². The molecule has 4 heteroatoms. The van der Waals surface area contributed by atoms with Crippen LogP contribution in [0.5, 0.6) is 11.5 Å². The molecule has 0 atom stereocenters. The molecule has 0 saturated heterocycles. The Bertz CT molecular complexity index is 883. The summed E-state index contributed by atoms with van der Waals surface area (Å²) in [6.07, 6.45) is 0. The number of para-hydroxylation sites is 1. The summed E-state index contributed by atoms with van der Waals surface area (Å²) in [4.78, 5) is 6.12. The number of benzene rings is 2. The van der Waals surface area contributed by atoms with Gasteiger partial charge in [0.25, 0.3) is 0 Å². The molecule has 3 nitrogen and oxygen atoms in total. The predicted molar refractivity (Wildman–Crippen MR) is 100 cm³/mol. The number of hydrogen-bond acceptors (Lipinski definition) is 4. The molecule has 0 spiro atoms. The molecule has 0 saturated carbocycles. The van der Waals surface area contributed by atoms with Crippen molar-refractivity contribution in [2.45, 2.75) is 20.8 Å². The van der Waals surface area contributed by atoms with Gasteiger partial charge in [0.05, 0.1) is 25.5 Å². The normalized spacial score (nSPS) is 10.7. The van der Waals surface area contributed by atoms with Crippen molar-refractivity contribution < 1.29 is 9.47 Å². The number of nitrogens with zero attached hydrogens (tertiary/aromatic N) is 1. The van der Waals surface area contributed by atoms with Crippen LogP contribution in [0.25, 0.3) is 21.8 Å². The van der Waals surface area contributed by atoms with E-state index in [-0.39, 0.29) is 0 Å². The van der Waals surface area contributed by atoms with Gasteiger partial charge in [-0.25, -0.2) is 4.98 Å². The van der Waals surface area contributed by atoms with Gasteiger partial charge in [-0.1, -0.05) is 23.8 Å². The van der Waals surface area contributed by atoms with E-state index in [2.05, 4.69) is 39.0 Å². The lowest BCUT2D eigenvalue weighted by atomic mass is 10.0. The molecule has 0 N–H and O–H groups in total. The summed E-state index contributed by atoms with van der Waals surface area (Å²) in [5, 5.41) is 0.944. The molecule has 0 radical (unpaired) electrons. The molecule has 0 fully saturated rings. The molecule has 3 rings (SSSR count). The van der Waals surface area contributed by atoms with Gasteiger partial charge in [0.2, 0.25) is 0 Å². The smallest absolute Gasteiger partial charge is 0.170 e. The van der Waals surface area contributed by atoms with E-state index in [0.29, 0.717) is 0 Å². The average molecular weight is 339 g/mol. The quantitative estimate of drug-likeness (QED) is 0.636. The minimum absolute atomic E-state index is 0.719. The zero-order chi connectivity index (χ0) is 17.3. The molecule has 1 heterocycles. The van der Waals surface area contributed by atoms with Crippen LogP contribution in [0, 0.1) is 20.8 Å². The van der Waals surface area contributed by atoms with Crippen molar-refractivity contribution in [3.8, 4) is 33.3 Å². The van der Waals surface area contributed by atoms with Crippen LogP contribution in [0.4, 0.5) is 0 Å². The molecule has 0 unspecified atom stereocenters. The first-order valence-corrected chi connectivity index (χ1v) is 8.63. The van der Waals surface area contributed by atoms with Crippen molar-refractivity contribution in [2.75, 3.05) is 14.2 Å². The van der Waals surface area contributed by atoms with Crippen LogP contribution in [-0.4, -0.2) is 19.2 Å². The van der Waals surface area contributed by atoms with Crippen LogP contribution in [0.15, 0.2) is 36.4 Å². The van der Waals surface area contributed by atoms with Crippen LogP contribution in [0.3, 0.4) is 0 Å². The molecule has 124 valence electrons. The summed E-state index contributed by atoms with van der Waals surface area (Å²) in [6, 6.07) is 12.4. The van der Waals surface area contributed by atoms with Crippen molar-refractivity contribution in [2.24, 2.45) is 0 Å². The third kappa shape index (κ3) is 2.89. The van der Waals surface area contributed by atoms with Gasteiger partial charge in [0.15, 0.2) is 11.5 Å². The Morgan fingerprint density at radius 2 is 1.71 bits per heavy atom. The lowest BCUT2D eigenvalue weighted by molar-refractivity contribution is 0.356. The summed E-state index contributed by atoms with van der Waals surface area (Å²) in [7, 11) is 3.31. The topological polar surface area (TPSA) is 31.4 Å². The number of methoxy groups -OCH3 is 2. The number of thiazole rings is 1. The molecule has 2 aromatic carbocycles. The van der Waals surface area contributed by atoms with Crippen LogP contribution >= 0.6 is 11.3 Å². The van der Waals surface area contributed by atoms with E-state index < -0.39 is 0 Å². The maximum absolute atomic E-state index is 5.56. The summed E-state index contributed by atoms with van der Waals surface area (Å²) >= 11 is 1.68. The van der Waals surface area contributed by atoms with E-state index in [0.717, 1.165) is 27.8 Å². The zero-order valence-electron chi connectivity index (χ0n) is 14.6. The Labute approximate surface area is 146 Å². The van der Waals surface area contributed by atoms with Gasteiger partial charge in [-0.15, -0.1) is 11.3 Å². The minimum atomic E-state index is 0.719. The van der Waals surface area contributed by atoms with Crippen LogP contribution in [0.2, 0.25) is 0 Å². The molecule has 0 aliphatic heterocycles. The van der Waals surface area contributed by atoms with Gasteiger partial charge in [-0.3, -0.25) is 0 Å². The van der Waals surface area contributed by atoms with Crippen LogP contribution < -0.4 is 9.47 Å². The van der Waals surface area contributed by atoms with E-state index in [1.807, 2.05) is 18.2 Å². The number of aromatic nitrogens is 1. The minimum Gasteiger partial charge on any atom is -0.493 e. The van der Waals surface area contributed by atoms with Crippen molar-refractivity contribution in [1.29, 1.82) is 0 Å². The van der Waals surface area contributed by atoms with Gasteiger partial charge >= 0.3 is 0 Å². The summed E-state index contributed by atoms with van der Waals surface area (Å²) in [6.45, 7) is 6.35. The average Bonchev–Trinajstić information content (AvgIpc) is 2.97. The molecular formula is C20H21NO2S. The maximum atomic E-state index is 5.56. The fourth-order valence-electron chi connectivity index (χ4n) is 2.81. The fraction of sp³-hybridized carbons (Fsp3) is 0.250. The van der Waals surface area contributed by atoms with Crippen molar-refractivity contribution in [1.82, 2.24) is 4.98 Å². The van der Waals surface area contributed by atoms with Crippen LogP contribution in [0.1, 0.15) is 16.0 Å². The van der Waals surface area contributed by atoms with E-state index in [1.165, 1.54) is 21.6 Å². The first-order valence-electron chi connectivity index (χ1n) is 7.81. The second-order valence-corrected chi connectivity index (χ2v) is 6.99. The van der Waals surface area contributed by atoms with Gasteiger partial charge in [-0.05, 0) is 44.5 Å². The summed E-state index contributed by atoms with van der Waals surface area (Å²) in [5.41, 5.74) is 5.67. The third-order valence-corrected chi connectivity index (χ3v) is 5.08. The lowest BCUT2D eigenvalue weighted by Crippen LogP contribution is -1.93. The Morgan fingerprint density at radius 1 is 0.917 bits per heavy atom. The van der Waals surface area contributed by atoms with E-state index >= 15 is 0 Å². The van der Waals surface area contributed by atoms with Gasteiger partial charge in [0, 0.05) is 10.4 Å². The standard InChI is InChI=1S/C20H21NO2S/c1-12-9-10-13(2)16(11-12)18-14(3)24-20(21-18)15-7-6-8-17(22-4)19(15)23-5/h6-11H,1-5H3. The largest absolute Gasteiger partial charge is 0.493 e. The predicted octanol–water partition coefficient (Wildman–Crippen LogP) is 5.42. The first kappa shape index (κ1) is 16.5. The lowest BCUT2D eigenvalue weighted by Gasteiger charge is -2.10. The summed E-state index contributed by atoms with van der Waals surface area (Å²) in [5.74, 6) is 1.44. The Hall–Kier alpha value is -2.33. The van der Waals surface area contributed by atoms with E-state index in [1.54, 1.807) is 25.6 Å². The molecule has 24 heavy (non-hydrogen) atoms. The number of ether oxygens (including phenoxy) is 2. The van der Waals surface area contributed by atoms with E-state index in [4.69, 9.17) is 14.5 Å².